The summed E-state index contributed by atoms with van der Waals surface area (Å²) in [6.07, 6.45) is 3.23. The number of benzene rings is 2. The van der Waals surface area contributed by atoms with E-state index in [4.69, 9.17) is 15.0 Å². The van der Waals surface area contributed by atoms with Gasteiger partial charge in [0.15, 0.2) is 11.8 Å². The lowest BCUT2D eigenvalue weighted by Gasteiger charge is -2.54. The highest BCUT2D eigenvalue weighted by atomic mass is 16.6. The van der Waals surface area contributed by atoms with E-state index < -0.39 is 29.6 Å². The first-order valence-corrected chi connectivity index (χ1v) is 12.1. The summed E-state index contributed by atoms with van der Waals surface area (Å²) in [5.74, 6) is -0.980. The van der Waals surface area contributed by atoms with Crippen molar-refractivity contribution in [3.8, 4) is 0 Å². The van der Waals surface area contributed by atoms with Crippen LogP contribution in [0, 0.1) is 5.92 Å². The Morgan fingerprint density at radius 3 is 2.26 bits per heavy atom. The Bertz CT molecular complexity index is 1230. The third-order valence-electron chi connectivity index (χ3n) is 8.26. The summed E-state index contributed by atoms with van der Waals surface area (Å²) in [6.45, 7) is 1.93. The molecule has 0 spiro atoms. The summed E-state index contributed by atoms with van der Waals surface area (Å²) >= 11 is 0. The number of carbonyl (C=O) groups is 2. The molecule has 8 heteroatoms. The minimum atomic E-state index is -1.89. The van der Waals surface area contributed by atoms with Gasteiger partial charge in [-0.3, -0.25) is 4.79 Å². The fourth-order valence-electron chi connectivity index (χ4n) is 6.57. The Labute approximate surface area is 202 Å². The SMILES string of the molecule is NC(=O)C(c1ccon1)[N+]12CCC(CC1)[C@@H](OC(=O)C1(O)c3ccccc3Cc3ccccc31)C2. The zero-order valence-electron chi connectivity index (χ0n) is 19.3. The van der Waals surface area contributed by atoms with Gasteiger partial charge in [0.1, 0.15) is 12.8 Å². The summed E-state index contributed by atoms with van der Waals surface area (Å²) < 4.78 is 11.5. The first-order chi connectivity index (χ1) is 16.9. The van der Waals surface area contributed by atoms with Crippen LogP contribution < -0.4 is 5.73 Å². The molecule has 4 aliphatic rings. The van der Waals surface area contributed by atoms with Gasteiger partial charge >= 0.3 is 5.97 Å². The van der Waals surface area contributed by atoms with Gasteiger partial charge in [0.25, 0.3) is 5.91 Å². The standard InChI is InChI=1S/C27H27N3O5/c28-25(31)24(22-11-14-34-29-22)30-12-9-17(10-13-30)23(16-30)35-26(32)27(33)20-7-3-1-5-18(20)15-19-6-2-4-8-21(19)27/h1-8,11,14,17,23-24,33H,9-10,12-13,15-16H2,(H-,28,31)/p+1/t17?,23-,24?,30?/m0/s1. The van der Waals surface area contributed by atoms with E-state index in [-0.39, 0.29) is 5.92 Å². The van der Waals surface area contributed by atoms with Crippen molar-refractivity contribution >= 4 is 11.9 Å². The van der Waals surface area contributed by atoms with Crippen molar-refractivity contribution in [1.29, 1.82) is 0 Å². The van der Waals surface area contributed by atoms with Crippen LogP contribution in [0.5, 0.6) is 0 Å². The van der Waals surface area contributed by atoms with E-state index >= 15 is 0 Å². The van der Waals surface area contributed by atoms with Crippen LogP contribution in [0.1, 0.15) is 46.8 Å². The second-order valence-electron chi connectivity index (χ2n) is 10.1. The predicted molar refractivity (Wildman–Crippen MR) is 125 cm³/mol. The van der Waals surface area contributed by atoms with Crippen LogP contribution in [0.3, 0.4) is 0 Å². The highest BCUT2D eigenvalue weighted by Gasteiger charge is 2.56. The highest BCUT2D eigenvalue weighted by molar-refractivity contribution is 5.87. The van der Waals surface area contributed by atoms with Crippen LogP contribution in [0.2, 0.25) is 0 Å². The molecule has 1 aromatic heterocycles. The zero-order chi connectivity index (χ0) is 24.2. The summed E-state index contributed by atoms with van der Waals surface area (Å²) in [7, 11) is 0. The number of amides is 1. The molecule has 35 heavy (non-hydrogen) atoms. The van der Waals surface area contributed by atoms with Gasteiger partial charge in [0.05, 0.1) is 13.1 Å². The van der Waals surface area contributed by atoms with Crippen molar-refractivity contribution in [3.63, 3.8) is 0 Å². The summed E-state index contributed by atoms with van der Waals surface area (Å²) in [4.78, 5) is 26.4. The number of carbonyl (C=O) groups excluding carboxylic acids is 2. The average Bonchev–Trinajstić information content (AvgIpc) is 3.38. The maximum Gasteiger partial charge on any atom is 0.348 e. The van der Waals surface area contributed by atoms with Crippen molar-refractivity contribution in [3.05, 3.63) is 88.8 Å². The fourth-order valence-corrected chi connectivity index (χ4v) is 6.57. The van der Waals surface area contributed by atoms with Gasteiger partial charge in [-0.2, -0.15) is 0 Å². The molecule has 1 amide bonds. The molecule has 1 unspecified atom stereocenters. The van der Waals surface area contributed by atoms with Gasteiger partial charge in [0.2, 0.25) is 11.6 Å². The van der Waals surface area contributed by atoms with Crippen molar-refractivity contribution in [2.45, 2.75) is 37.0 Å². The Kier molecular flexibility index (Phi) is 5.05. The first kappa shape index (κ1) is 22.0. The Balaban J connectivity index is 1.34. The molecule has 3 fully saturated rings. The molecule has 3 aromatic rings. The number of primary amides is 1. The van der Waals surface area contributed by atoms with Crippen LogP contribution in [-0.4, -0.2) is 52.4 Å². The maximum absolute atomic E-state index is 13.8. The number of rotatable bonds is 5. The number of fused-ring (bicyclic) bond motifs is 5. The van der Waals surface area contributed by atoms with E-state index in [0.717, 1.165) is 37.1 Å². The molecule has 3 N–H and O–H groups in total. The maximum atomic E-state index is 13.8. The minimum Gasteiger partial charge on any atom is -0.453 e. The van der Waals surface area contributed by atoms with E-state index in [0.29, 0.717) is 34.3 Å². The number of piperidine rings is 3. The van der Waals surface area contributed by atoms with E-state index in [1.807, 2.05) is 36.4 Å². The monoisotopic (exact) mass is 474 g/mol. The van der Waals surface area contributed by atoms with E-state index in [9.17, 15) is 14.7 Å². The van der Waals surface area contributed by atoms with Crippen molar-refractivity contribution in [2.24, 2.45) is 11.7 Å². The topological polar surface area (TPSA) is 116 Å². The number of nitrogens with two attached hydrogens (primary N) is 1. The number of aliphatic hydroxyl groups is 1. The van der Waals surface area contributed by atoms with Gasteiger partial charge in [-0.1, -0.05) is 53.7 Å². The number of nitrogens with zero attached hydrogens (tertiary/aromatic N) is 2. The molecule has 1 aliphatic carbocycles. The zero-order valence-corrected chi connectivity index (χ0v) is 19.3. The number of ether oxygens (including phenoxy) is 1. The average molecular weight is 475 g/mol. The minimum absolute atomic E-state index is 0.169. The summed E-state index contributed by atoms with van der Waals surface area (Å²) in [5, 5.41) is 16.0. The molecule has 180 valence electrons. The van der Waals surface area contributed by atoms with Gasteiger partial charge in [0, 0.05) is 36.0 Å². The number of hydrogen-bond donors (Lipinski definition) is 2. The number of esters is 1. The van der Waals surface area contributed by atoms with Crippen LogP contribution in [-0.2, 0) is 26.3 Å². The van der Waals surface area contributed by atoms with E-state index in [1.54, 1.807) is 18.2 Å². The van der Waals surface area contributed by atoms with E-state index in [1.165, 1.54) is 6.26 Å². The molecular formula is C27H28N3O5+. The highest BCUT2D eigenvalue weighted by Crippen LogP contribution is 2.45. The van der Waals surface area contributed by atoms with Crippen LogP contribution in [0.4, 0.5) is 0 Å². The molecule has 3 aliphatic heterocycles. The number of quaternary nitrogens is 1. The molecule has 8 nitrogen and oxygen atoms in total. The second kappa shape index (κ2) is 8.03. The lowest BCUT2D eigenvalue weighted by atomic mass is 9.74. The van der Waals surface area contributed by atoms with Crippen molar-refractivity contribution < 1.29 is 28.4 Å². The number of hydrogen-bond acceptors (Lipinski definition) is 6. The smallest absolute Gasteiger partial charge is 0.348 e. The largest absolute Gasteiger partial charge is 0.453 e. The quantitative estimate of drug-likeness (QED) is 0.433. The molecular weight excluding hydrogens is 446 g/mol. The summed E-state index contributed by atoms with van der Waals surface area (Å²) in [6, 6.07) is 15.9. The Morgan fingerprint density at radius 2 is 1.69 bits per heavy atom. The van der Waals surface area contributed by atoms with Gasteiger partial charge < -0.3 is 24.6 Å². The lowest BCUT2D eigenvalue weighted by Crippen LogP contribution is -2.67. The van der Waals surface area contributed by atoms with Gasteiger partial charge in [-0.05, 0) is 17.5 Å². The normalized spacial score (nSPS) is 26.9. The fraction of sp³-hybridized carbons (Fsp3) is 0.370. The van der Waals surface area contributed by atoms with Crippen LogP contribution >= 0.6 is 0 Å². The molecule has 2 atom stereocenters. The van der Waals surface area contributed by atoms with Crippen molar-refractivity contribution in [1.82, 2.24) is 5.16 Å². The van der Waals surface area contributed by atoms with Crippen LogP contribution in [0.15, 0.2) is 65.4 Å². The molecule has 0 saturated carbocycles. The lowest BCUT2D eigenvalue weighted by molar-refractivity contribution is -0.965. The van der Waals surface area contributed by atoms with Crippen LogP contribution in [0.25, 0.3) is 0 Å². The molecule has 3 saturated heterocycles. The molecule has 2 aromatic carbocycles. The predicted octanol–water partition coefficient (Wildman–Crippen LogP) is 2.19. The van der Waals surface area contributed by atoms with E-state index in [2.05, 4.69) is 5.16 Å². The summed E-state index contributed by atoms with van der Waals surface area (Å²) in [5.41, 5.74) is 7.38. The number of aromatic nitrogens is 1. The first-order valence-electron chi connectivity index (χ1n) is 12.1. The Hall–Kier alpha value is -3.49. The van der Waals surface area contributed by atoms with Crippen molar-refractivity contribution in [2.75, 3.05) is 19.6 Å². The molecule has 0 radical (unpaired) electrons. The third kappa shape index (κ3) is 3.31. The molecule has 4 heterocycles. The van der Waals surface area contributed by atoms with Gasteiger partial charge in [-0.25, -0.2) is 4.79 Å². The third-order valence-corrected chi connectivity index (χ3v) is 8.26. The molecule has 7 rings (SSSR count). The molecule has 2 bridgehead atoms. The second-order valence-corrected chi connectivity index (χ2v) is 10.1. The Morgan fingerprint density at radius 1 is 1.06 bits per heavy atom. The van der Waals surface area contributed by atoms with Gasteiger partial charge in [-0.15, -0.1) is 0 Å².